The smallest absolute Gasteiger partial charge is 0.250 e. The van der Waals surface area contributed by atoms with E-state index in [1.54, 1.807) is 0 Å². The summed E-state index contributed by atoms with van der Waals surface area (Å²) < 4.78 is 12.7. The molecule has 0 aliphatic carbocycles. The molecule has 2 atom stereocenters. The number of nitrogens with zero attached hydrogens (tertiary/aromatic N) is 3. The summed E-state index contributed by atoms with van der Waals surface area (Å²) in [4.78, 5) is 11.8. The molecule has 1 aliphatic rings. The Labute approximate surface area is 168 Å². The van der Waals surface area contributed by atoms with E-state index >= 15 is 0 Å². The molecular weight excluding hydrogens is 368 g/mol. The predicted molar refractivity (Wildman–Crippen MR) is 109 cm³/mol. The number of ether oxygens (including phenoxy) is 2. The number of methoxy groups -OCH3 is 1. The molecule has 2 heterocycles. The quantitative estimate of drug-likeness (QED) is 0.717. The molecule has 2 aromatic carbocycles. The number of fused-ring (bicyclic) bond motifs is 1. The number of benzene rings is 2. The Morgan fingerprint density at radius 2 is 2.17 bits per heavy atom. The molecular formula is C22H22N4O3. The molecule has 3 aromatic rings. The number of para-hydroxylation sites is 1. The van der Waals surface area contributed by atoms with Crippen molar-refractivity contribution in [3.05, 3.63) is 48.5 Å². The number of amides is 1. The first-order chi connectivity index (χ1) is 14.2. The van der Waals surface area contributed by atoms with Crippen molar-refractivity contribution in [2.24, 2.45) is 5.92 Å². The second-order valence-corrected chi connectivity index (χ2v) is 7.06. The second-order valence-electron chi connectivity index (χ2n) is 7.06. The zero-order chi connectivity index (χ0) is 20.2. The molecule has 1 saturated heterocycles. The van der Waals surface area contributed by atoms with Crippen LogP contribution < -0.4 is 5.32 Å². The van der Waals surface area contributed by atoms with E-state index in [4.69, 9.17) is 19.8 Å². The van der Waals surface area contributed by atoms with Gasteiger partial charge in [-0.3, -0.25) is 4.79 Å². The molecule has 1 fully saturated rings. The van der Waals surface area contributed by atoms with Gasteiger partial charge in [0.15, 0.2) is 6.23 Å². The highest BCUT2D eigenvalue weighted by molar-refractivity contribution is 5.96. The van der Waals surface area contributed by atoms with Crippen LogP contribution in [0.5, 0.6) is 0 Å². The maximum Gasteiger partial charge on any atom is 0.250 e. The highest BCUT2D eigenvalue weighted by Crippen LogP contribution is 2.34. The van der Waals surface area contributed by atoms with E-state index in [1.165, 1.54) is 7.11 Å². The maximum atomic E-state index is 11.8. The number of carbonyl (C=O) groups is 1. The van der Waals surface area contributed by atoms with Gasteiger partial charge in [-0.15, -0.1) is 0 Å². The van der Waals surface area contributed by atoms with E-state index in [0.717, 1.165) is 35.0 Å². The summed E-state index contributed by atoms with van der Waals surface area (Å²) in [6, 6.07) is 17.9. The number of anilines is 1. The summed E-state index contributed by atoms with van der Waals surface area (Å²) in [5, 5.41) is 17.8. The van der Waals surface area contributed by atoms with Crippen LogP contribution in [0.15, 0.2) is 48.5 Å². The molecule has 148 valence electrons. The largest absolute Gasteiger partial charge is 0.375 e. The van der Waals surface area contributed by atoms with Crippen LogP contribution in [0, 0.1) is 17.2 Å². The van der Waals surface area contributed by atoms with Gasteiger partial charge >= 0.3 is 0 Å². The van der Waals surface area contributed by atoms with Crippen molar-refractivity contribution in [2.75, 3.05) is 25.6 Å². The molecule has 0 saturated carbocycles. The number of nitriles is 1. The first-order valence-electron chi connectivity index (χ1n) is 9.57. The minimum absolute atomic E-state index is 0.00446. The molecule has 7 nitrogen and oxygen atoms in total. The minimum atomic E-state index is -0.206. The maximum absolute atomic E-state index is 11.8. The molecule has 1 N–H and O–H groups in total. The lowest BCUT2D eigenvalue weighted by Gasteiger charge is -2.26. The summed E-state index contributed by atoms with van der Waals surface area (Å²) in [7, 11) is 1.49. The average Bonchev–Trinajstić information content (AvgIpc) is 3.14. The molecule has 0 spiro atoms. The van der Waals surface area contributed by atoms with Gasteiger partial charge in [0, 0.05) is 23.7 Å². The summed E-state index contributed by atoms with van der Waals surface area (Å²) in [5.41, 5.74) is 3.40. The Kier molecular flexibility index (Phi) is 5.56. The van der Waals surface area contributed by atoms with E-state index in [2.05, 4.69) is 11.4 Å². The molecule has 0 bridgehead atoms. The average molecular weight is 390 g/mol. The third-order valence-electron chi connectivity index (χ3n) is 5.02. The summed E-state index contributed by atoms with van der Waals surface area (Å²) >= 11 is 0. The number of carbonyl (C=O) groups excluding carboxylic acids is 1. The van der Waals surface area contributed by atoms with Crippen molar-refractivity contribution >= 4 is 22.5 Å². The SMILES string of the molecule is COCC(=O)Nc1cccc(-c2nn(C3CCC(C#N)CO3)c3ccccc23)c1. The first kappa shape index (κ1) is 19.1. The fourth-order valence-corrected chi connectivity index (χ4v) is 3.63. The Balaban J connectivity index is 1.69. The first-order valence-corrected chi connectivity index (χ1v) is 9.57. The van der Waals surface area contributed by atoms with Gasteiger partial charge in [-0.05, 0) is 31.0 Å². The van der Waals surface area contributed by atoms with Crippen LogP contribution in [0.2, 0.25) is 0 Å². The van der Waals surface area contributed by atoms with Crippen LogP contribution in [0.25, 0.3) is 22.2 Å². The fourth-order valence-electron chi connectivity index (χ4n) is 3.63. The van der Waals surface area contributed by atoms with Crippen molar-refractivity contribution in [3.63, 3.8) is 0 Å². The second kappa shape index (κ2) is 8.43. The van der Waals surface area contributed by atoms with Gasteiger partial charge in [-0.2, -0.15) is 10.4 Å². The molecule has 1 aliphatic heterocycles. The number of hydrogen-bond acceptors (Lipinski definition) is 5. The van der Waals surface area contributed by atoms with Crippen LogP contribution in [0.3, 0.4) is 0 Å². The highest BCUT2D eigenvalue weighted by Gasteiger charge is 2.25. The van der Waals surface area contributed by atoms with Gasteiger partial charge in [-0.1, -0.05) is 30.3 Å². The lowest BCUT2D eigenvalue weighted by atomic mass is 10.0. The normalized spacial score (nSPS) is 19.0. The van der Waals surface area contributed by atoms with E-state index in [1.807, 2.05) is 53.2 Å². The molecule has 29 heavy (non-hydrogen) atoms. The van der Waals surface area contributed by atoms with E-state index in [-0.39, 0.29) is 24.7 Å². The van der Waals surface area contributed by atoms with Crippen molar-refractivity contribution in [1.82, 2.24) is 9.78 Å². The standard InChI is InChI=1S/C22H22N4O3/c1-28-14-20(27)24-17-6-4-5-16(11-17)22-18-7-2-3-8-19(18)26(25-22)21-10-9-15(12-23)13-29-21/h2-8,11,15,21H,9-10,13-14H2,1H3,(H,24,27). The van der Waals surface area contributed by atoms with Gasteiger partial charge in [0.25, 0.3) is 0 Å². The number of aromatic nitrogens is 2. The van der Waals surface area contributed by atoms with Crippen molar-refractivity contribution in [3.8, 4) is 17.3 Å². The topological polar surface area (TPSA) is 89.2 Å². The Hall–Kier alpha value is -3.21. The lowest BCUT2D eigenvalue weighted by Crippen LogP contribution is -2.24. The molecule has 1 aromatic heterocycles. The molecule has 2 unspecified atom stereocenters. The summed E-state index contributed by atoms with van der Waals surface area (Å²) in [6.45, 7) is 0.427. The van der Waals surface area contributed by atoms with Crippen LogP contribution in [0.4, 0.5) is 5.69 Å². The Morgan fingerprint density at radius 1 is 1.31 bits per heavy atom. The lowest BCUT2D eigenvalue weighted by molar-refractivity contribution is -0.119. The summed E-state index contributed by atoms with van der Waals surface area (Å²) in [6.07, 6.45) is 1.35. The predicted octanol–water partition coefficient (Wildman–Crippen LogP) is 3.74. The number of rotatable bonds is 5. The third kappa shape index (κ3) is 3.99. The minimum Gasteiger partial charge on any atom is -0.375 e. The number of hydrogen-bond donors (Lipinski definition) is 1. The highest BCUT2D eigenvalue weighted by atomic mass is 16.5. The van der Waals surface area contributed by atoms with Crippen LogP contribution in [0.1, 0.15) is 19.1 Å². The van der Waals surface area contributed by atoms with Gasteiger partial charge in [0.1, 0.15) is 12.3 Å². The zero-order valence-electron chi connectivity index (χ0n) is 16.2. The van der Waals surface area contributed by atoms with Crippen LogP contribution in [-0.4, -0.2) is 36.0 Å². The van der Waals surface area contributed by atoms with E-state index < -0.39 is 0 Å². The van der Waals surface area contributed by atoms with E-state index in [0.29, 0.717) is 12.3 Å². The van der Waals surface area contributed by atoms with Crippen LogP contribution >= 0.6 is 0 Å². The number of nitrogens with one attached hydrogen (secondary N) is 1. The zero-order valence-corrected chi connectivity index (χ0v) is 16.2. The van der Waals surface area contributed by atoms with E-state index in [9.17, 15) is 4.79 Å². The Bertz CT molecular complexity index is 1060. The molecule has 7 heteroatoms. The van der Waals surface area contributed by atoms with Crippen LogP contribution in [-0.2, 0) is 14.3 Å². The monoisotopic (exact) mass is 390 g/mol. The van der Waals surface area contributed by atoms with Crippen molar-refractivity contribution < 1.29 is 14.3 Å². The Morgan fingerprint density at radius 3 is 2.93 bits per heavy atom. The van der Waals surface area contributed by atoms with Gasteiger partial charge in [-0.25, -0.2) is 4.68 Å². The van der Waals surface area contributed by atoms with Gasteiger partial charge < -0.3 is 14.8 Å². The van der Waals surface area contributed by atoms with Gasteiger partial charge in [0.05, 0.1) is 24.1 Å². The fraction of sp³-hybridized carbons (Fsp3) is 0.318. The molecule has 1 amide bonds. The third-order valence-corrected chi connectivity index (χ3v) is 5.02. The van der Waals surface area contributed by atoms with Gasteiger partial charge in [0.2, 0.25) is 5.91 Å². The van der Waals surface area contributed by atoms with Crippen molar-refractivity contribution in [2.45, 2.75) is 19.1 Å². The summed E-state index contributed by atoms with van der Waals surface area (Å²) in [5.74, 6) is -0.261. The molecule has 0 radical (unpaired) electrons. The molecule has 4 rings (SSSR count). The van der Waals surface area contributed by atoms with Crippen molar-refractivity contribution in [1.29, 1.82) is 5.26 Å².